The Kier molecular flexibility index (Phi) is 3.56. The Hall–Kier alpha value is -2.08. The fourth-order valence-electron chi connectivity index (χ4n) is 2.60. The fourth-order valence-corrected chi connectivity index (χ4v) is 3.18. The molecule has 6 heteroatoms. The number of anilines is 2. The number of nitrogens with zero attached hydrogens (tertiary/aromatic N) is 2. The van der Waals surface area contributed by atoms with E-state index in [-0.39, 0.29) is 5.91 Å². The Morgan fingerprint density at radius 2 is 2.27 bits per heavy atom. The van der Waals surface area contributed by atoms with Crippen LogP contribution in [-0.4, -0.2) is 23.0 Å². The number of amides is 1. The Balaban J connectivity index is 2.07. The van der Waals surface area contributed by atoms with Crippen molar-refractivity contribution >= 4 is 28.1 Å². The second-order valence-electron chi connectivity index (χ2n) is 5.95. The number of thiazole rings is 1. The molecule has 0 unspecified atom stereocenters. The highest BCUT2D eigenvalue weighted by molar-refractivity contribution is 7.13. The molecule has 1 amide bonds. The molecule has 3 rings (SSSR count). The second-order valence-corrected chi connectivity index (χ2v) is 6.84. The highest BCUT2D eigenvalue weighted by Crippen LogP contribution is 2.40. The number of rotatable bonds is 2. The van der Waals surface area contributed by atoms with Crippen molar-refractivity contribution in [3.8, 4) is 17.0 Å². The molecule has 0 aliphatic carbocycles. The summed E-state index contributed by atoms with van der Waals surface area (Å²) in [6.07, 6.45) is 0.462. The van der Waals surface area contributed by atoms with Gasteiger partial charge in [0, 0.05) is 17.4 Å². The molecule has 0 saturated carbocycles. The predicted octanol–water partition coefficient (Wildman–Crippen LogP) is 3.31. The van der Waals surface area contributed by atoms with Gasteiger partial charge in [-0.15, -0.1) is 11.3 Å². The lowest BCUT2D eigenvalue weighted by molar-refractivity contribution is -0.119. The molecule has 0 atom stereocenters. The predicted molar refractivity (Wildman–Crippen MR) is 89.3 cm³/mol. The summed E-state index contributed by atoms with van der Waals surface area (Å²) in [4.78, 5) is 18.4. The molecule has 0 radical (unpaired) electrons. The first-order chi connectivity index (χ1) is 10.4. The van der Waals surface area contributed by atoms with Crippen molar-refractivity contribution in [3.63, 3.8) is 0 Å². The van der Waals surface area contributed by atoms with Crippen LogP contribution in [0.1, 0.15) is 27.2 Å². The molecule has 1 aliphatic heterocycles. The first-order valence-electron chi connectivity index (χ1n) is 7.24. The van der Waals surface area contributed by atoms with Gasteiger partial charge >= 0.3 is 0 Å². The summed E-state index contributed by atoms with van der Waals surface area (Å²) in [6.45, 7) is 6.38. The Labute approximate surface area is 133 Å². The zero-order valence-electron chi connectivity index (χ0n) is 12.9. The van der Waals surface area contributed by atoms with Gasteiger partial charge < -0.3 is 15.4 Å². The van der Waals surface area contributed by atoms with Crippen molar-refractivity contribution in [3.05, 3.63) is 23.6 Å². The maximum atomic E-state index is 12.3. The van der Waals surface area contributed by atoms with Crippen molar-refractivity contribution in [1.29, 1.82) is 0 Å². The van der Waals surface area contributed by atoms with Crippen LogP contribution in [-0.2, 0) is 4.79 Å². The number of hydrogen-bond acceptors (Lipinski definition) is 5. The molecule has 5 nitrogen and oxygen atoms in total. The Morgan fingerprint density at radius 3 is 2.91 bits per heavy atom. The minimum absolute atomic E-state index is 0.0903. The summed E-state index contributed by atoms with van der Waals surface area (Å²) in [7, 11) is 0. The van der Waals surface area contributed by atoms with Crippen LogP contribution in [0.3, 0.4) is 0 Å². The van der Waals surface area contributed by atoms with Crippen LogP contribution in [0.25, 0.3) is 11.3 Å². The maximum absolute atomic E-state index is 12.3. The number of carbonyl (C=O) groups excluding carboxylic acids is 1. The number of aromatic nitrogens is 1. The minimum atomic E-state index is -0.398. The van der Waals surface area contributed by atoms with Crippen LogP contribution in [0.5, 0.6) is 5.75 Å². The van der Waals surface area contributed by atoms with Crippen LogP contribution in [0.15, 0.2) is 23.6 Å². The quantitative estimate of drug-likeness (QED) is 0.922. The second kappa shape index (κ2) is 5.28. The molecule has 1 aromatic carbocycles. The molecule has 2 heterocycles. The molecule has 2 N–H and O–H groups in total. The van der Waals surface area contributed by atoms with E-state index >= 15 is 0 Å². The van der Waals surface area contributed by atoms with Gasteiger partial charge in [0.25, 0.3) is 0 Å². The molecule has 0 bridgehead atoms. The average molecular weight is 317 g/mol. The van der Waals surface area contributed by atoms with Gasteiger partial charge in [-0.3, -0.25) is 4.79 Å². The third-order valence-electron chi connectivity index (χ3n) is 3.60. The van der Waals surface area contributed by atoms with Crippen molar-refractivity contribution in [2.45, 2.75) is 32.8 Å². The molecule has 22 heavy (non-hydrogen) atoms. The number of carbonyl (C=O) groups is 1. The summed E-state index contributed by atoms with van der Waals surface area (Å²) in [5.41, 5.74) is 7.86. The molecule has 1 aromatic heterocycles. The summed E-state index contributed by atoms with van der Waals surface area (Å²) in [6, 6.07) is 5.80. The average Bonchev–Trinajstić information content (AvgIpc) is 2.91. The van der Waals surface area contributed by atoms with Crippen LogP contribution < -0.4 is 15.4 Å². The minimum Gasteiger partial charge on any atom is -0.484 e. The molecule has 1 aliphatic rings. The highest BCUT2D eigenvalue weighted by atomic mass is 32.1. The van der Waals surface area contributed by atoms with Crippen molar-refractivity contribution in [2.24, 2.45) is 0 Å². The van der Waals surface area contributed by atoms with Gasteiger partial charge in [-0.1, -0.05) is 6.92 Å². The number of fused-ring (bicyclic) bond motifs is 1. The standard InChI is InChI=1S/C16H19N3O2S/c1-4-14(20)19-9-16(2,3)21-13-6-5-10(7-12(13)19)11-8-22-15(17)18-11/h5-8H,4,9H2,1-3H3,(H2,17,18). The van der Waals surface area contributed by atoms with Crippen LogP contribution in [0.4, 0.5) is 10.8 Å². The third-order valence-corrected chi connectivity index (χ3v) is 4.27. The largest absolute Gasteiger partial charge is 0.484 e. The van der Waals surface area contributed by atoms with Crippen LogP contribution in [0, 0.1) is 0 Å². The Morgan fingerprint density at radius 1 is 1.50 bits per heavy atom. The van der Waals surface area contributed by atoms with Gasteiger partial charge in [-0.25, -0.2) is 4.98 Å². The highest BCUT2D eigenvalue weighted by Gasteiger charge is 2.34. The van der Waals surface area contributed by atoms with E-state index in [1.165, 1.54) is 11.3 Å². The fraction of sp³-hybridized carbons (Fsp3) is 0.375. The summed E-state index contributed by atoms with van der Waals surface area (Å²) in [5, 5.41) is 2.45. The maximum Gasteiger partial charge on any atom is 0.226 e. The number of benzene rings is 1. The zero-order chi connectivity index (χ0) is 15.9. The van der Waals surface area contributed by atoms with Crippen molar-refractivity contribution < 1.29 is 9.53 Å². The van der Waals surface area contributed by atoms with Gasteiger partial charge in [-0.2, -0.15) is 0 Å². The van der Waals surface area contributed by atoms with E-state index in [4.69, 9.17) is 10.5 Å². The van der Waals surface area contributed by atoms with Crippen molar-refractivity contribution in [1.82, 2.24) is 4.98 Å². The summed E-state index contributed by atoms with van der Waals surface area (Å²) < 4.78 is 6.00. The molecule has 0 fully saturated rings. The van der Waals surface area contributed by atoms with E-state index < -0.39 is 5.60 Å². The summed E-state index contributed by atoms with van der Waals surface area (Å²) in [5.74, 6) is 0.817. The van der Waals surface area contributed by atoms with Gasteiger partial charge in [0.05, 0.1) is 17.9 Å². The number of nitrogens with two attached hydrogens (primary N) is 1. The van der Waals surface area contributed by atoms with E-state index in [0.717, 1.165) is 22.7 Å². The van der Waals surface area contributed by atoms with Gasteiger partial charge in [0.1, 0.15) is 11.4 Å². The van der Waals surface area contributed by atoms with Crippen LogP contribution in [0.2, 0.25) is 0 Å². The summed E-state index contributed by atoms with van der Waals surface area (Å²) >= 11 is 1.40. The molecule has 0 spiro atoms. The van der Waals surface area contributed by atoms with E-state index in [0.29, 0.717) is 18.1 Å². The Bertz CT molecular complexity index is 724. The van der Waals surface area contributed by atoms with Crippen molar-refractivity contribution in [2.75, 3.05) is 17.2 Å². The van der Waals surface area contributed by atoms with E-state index in [9.17, 15) is 4.79 Å². The lowest BCUT2D eigenvalue weighted by Crippen LogP contribution is -2.49. The first kappa shape index (κ1) is 14.8. The van der Waals surface area contributed by atoms with E-state index in [2.05, 4.69) is 4.98 Å². The number of ether oxygens (including phenoxy) is 1. The molecular weight excluding hydrogens is 298 g/mol. The van der Waals surface area contributed by atoms with E-state index in [1.54, 1.807) is 4.90 Å². The molecule has 2 aromatic rings. The topological polar surface area (TPSA) is 68.5 Å². The zero-order valence-corrected chi connectivity index (χ0v) is 13.7. The monoisotopic (exact) mass is 317 g/mol. The SMILES string of the molecule is CCC(=O)N1CC(C)(C)Oc2ccc(-c3csc(N)n3)cc21. The smallest absolute Gasteiger partial charge is 0.226 e. The molecular formula is C16H19N3O2S. The molecule has 0 saturated heterocycles. The first-order valence-corrected chi connectivity index (χ1v) is 8.12. The van der Waals surface area contributed by atoms with E-state index in [1.807, 2.05) is 44.4 Å². The number of nitrogen functional groups attached to an aromatic ring is 1. The van der Waals surface area contributed by atoms with Gasteiger partial charge in [0.2, 0.25) is 5.91 Å². The number of hydrogen-bond donors (Lipinski definition) is 1. The lowest BCUT2D eigenvalue weighted by Gasteiger charge is -2.39. The van der Waals surface area contributed by atoms with Gasteiger partial charge in [-0.05, 0) is 32.0 Å². The molecule has 116 valence electrons. The normalized spacial score (nSPS) is 16.0. The van der Waals surface area contributed by atoms with Gasteiger partial charge in [0.15, 0.2) is 5.13 Å². The lowest BCUT2D eigenvalue weighted by atomic mass is 10.0. The third kappa shape index (κ3) is 2.66. The van der Waals surface area contributed by atoms with Crippen LogP contribution >= 0.6 is 11.3 Å².